The molecule has 2 rings (SSSR count). The van der Waals surface area contributed by atoms with Crippen molar-refractivity contribution >= 4 is 0 Å². The van der Waals surface area contributed by atoms with Crippen LogP contribution in [0.3, 0.4) is 0 Å². The topological polar surface area (TPSA) is 9.23 Å². The molecule has 0 aliphatic rings. The summed E-state index contributed by atoms with van der Waals surface area (Å²) in [4.78, 5) is 0. The molecule has 21 heavy (non-hydrogen) atoms. The highest BCUT2D eigenvalue weighted by Crippen LogP contribution is 2.13. The highest BCUT2D eigenvalue weighted by atomic mass is 19.1. The highest BCUT2D eigenvalue weighted by Gasteiger charge is 2.00. The molecule has 0 aliphatic heterocycles. The van der Waals surface area contributed by atoms with Crippen molar-refractivity contribution in [2.45, 2.75) is 19.8 Å². The van der Waals surface area contributed by atoms with Gasteiger partial charge in [0.25, 0.3) is 0 Å². The van der Waals surface area contributed by atoms with E-state index in [1.54, 1.807) is 30.3 Å². The van der Waals surface area contributed by atoms with Gasteiger partial charge in [0.2, 0.25) is 6.86 Å². The third-order valence-corrected chi connectivity index (χ3v) is 2.99. The van der Waals surface area contributed by atoms with E-state index in [4.69, 9.17) is 4.74 Å². The van der Waals surface area contributed by atoms with Crippen LogP contribution >= 0.6 is 0 Å². The SMILES string of the molecule is CCCc1ccc(C#Cc2ccc(OCF)cc2)c(F)c1. The Kier molecular flexibility index (Phi) is 5.34. The third kappa shape index (κ3) is 4.32. The largest absolute Gasteiger partial charge is 0.463 e. The monoisotopic (exact) mass is 286 g/mol. The molecular formula is C18H16F2O. The number of hydrogen-bond acceptors (Lipinski definition) is 1. The first-order chi connectivity index (χ1) is 10.2. The van der Waals surface area contributed by atoms with Gasteiger partial charge in [0.15, 0.2) is 0 Å². The van der Waals surface area contributed by atoms with Crippen molar-refractivity contribution in [3.8, 4) is 17.6 Å². The second-order valence-corrected chi connectivity index (χ2v) is 4.59. The lowest BCUT2D eigenvalue weighted by atomic mass is 10.1. The Morgan fingerprint density at radius 1 is 1.05 bits per heavy atom. The van der Waals surface area contributed by atoms with Crippen LogP contribution < -0.4 is 4.74 Å². The summed E-state index contributed by atoms with van der Waals surface area (Å²) in [7, 11) is 0. The molecular weight excluding hydrogens is 270 g/mol. The zero-order valence-corrected chi connectivity index (χ0v) is 11.8. The van der Waals surface area contributed by atoms with Crippen molar-refractivity contribution in [3.63, 3.8) is 0 Å². The fourth-order valence-electron chi connectivity index (χ4n) is 1.94. The lowest BCUT2D eigenvalue weighted by Crippen LogP contribution is -1.90. The van der Waals surface area contributed by atoms with E-state index in [-0.39, 0.29) is 5.82 Å². The summed E-state index contributed by atoms with van der Waals surface area (Å²) in [6.45, 7) is 1.20. The first-order valence-electron chi connectivity index (χ1n) is 6.82. The van der Waals surface area contributed by atoms with Crippen molar-refractivity contribution in [1.29, 1.82) is 0 Å². The van der Waals surface area contributed by atoms with Gasteiger partial charge < -0.3 is 4.74 Å². The minimum absolute atomic E-state index is 0.300. The van der Waals surface area contributed by atoms with Crippen LogP contribution in [0.5, 0.6) is 5.75 Å². The molecule has 0 saturated carbocycles. The van der Waals surface area contributed by atoms with Crippen molar-refractivity contribution in [2.24, 2.45) is 0 Å². The first-order valence-corrected chi connectivity index (χ1v) is 6.82. The summed E-state index contributed by atoms with van der Waals surface area (Å²) in [6, 6.07) is 11.8. The normalized spacial score (nSPS) is 9.86. The number of alkyl halides is 1. The lowest BCUT2D eigenvalue weighted by Gasteiger charge is -2.01. The molecule has 0 fully saturated rings. The molecule has 0 aliphatic carbocycles. The quantitative estimate of drug-likeness (QED) is 0.753. The average molecular weight is 286 g/mol. The van der Waals surface area contributed by atoms with E-state index in [1.807, 2.05) is 6.07 Å². The van der Waals surface area contributed by atoms with Crippen LogP contribution in [0.4, 0.5) is 8.78 Å². The molecule has 1 nitrogen and oxygen atoms in total. The van der Waals surface area contributed by atoms with Gasteiger partial charge in [0.05, 0.1) is 5.56 Å². The van der Waals surface area contributed by atoms with Gasteiger partial charge in [-0.1, -0.05) is 31.3 Å². The van der Waals surface area contributed by atoms with E-state index in [0.717, 1.165) is 24.0 Å². The maximum Gasteiger partial charge on any atom is 0.228 e. The zero-order valence-electron chi connectivity index (χ0n) is 11.8. The van der Waals surface area contributed by atoms with E-state index in [1.165, 1.54) is 6.07 Å². The van der Waals surface area contributed by atoms with Crippen LogP contribution in [0.2, 0.25) is 0 Å². The molecule has 2 aromatic rings. The Hall–Kier alpha value is -2.34. The fraction of sp³-hybridized carbons (Fsp3) is 0.222. The number of ether oxygens (including phenoxy) is 1. The van der Waals surface area contributed by atoms with Gasteiger partial charge in [-0.25, -0.2) is 8.78 Å². The third-order valence-electron chi connectivity index (χ3n) is 2.99. The molecule has 0 atom stereocenters. The molecule has 0 N–H and O–H groups in total. The summed E-state index contributed by atoms with van der Waals surface area (Å²) in [5.41, 5.74) is 2.07. The van der Waals surface area contributed by atoms with Gasteiger partial charge in [-0.15, -0.1) is 0 Å². The number of aryl methyl sites for hydroxylation is 1. The molecule has 0 heterocycles. The predicted molar refractivity (Wildman–Crippen MR) is 79.4 cm³/mol. The Morgan fingerprint density at radius 2 is 1.81 bits per heavy atom. The van der Waals surface area contributed by atoms with Gasteiger partial charge >= 0.3 is 0 Å². The van der Waals surface area contributed by atoms with E-state index >= 15 is 0 Å². The highest BCUT2D eigenvalue weighted by molar-refractivity contribution is 5.45. The Labute approximate surface area is 123 Å². The Bertz CT molecular complexity index is 651. The summed E-state index contributed by atoms with van der Waals surface area (Å²) in [6.07, 6.45) is 1.85. The van der Waals surface area contributed by atoms with Gasteiger partial charge in [0.1, 0.15) is 11.6 Å². The summed E-state index contributed by atoms with van der Waals surface area (Å²) in [5.74, 6) is 5.84. The summed E-state index contributed by atoms with van der Waals surface area (Å²) >= 11 is 0. The Morgan fingerprint density at radius 3 is 2.43 bits per heavy atom. The molecule has 108 valence electrons. The standard InChI is InChI=1S/C18H16F2O/c1-2-3-15-5-9-16(18(20)12-15)8-4-14-6-10-17(11-7-14)21-13-19/h5-7,9-12H,2-3,13H2,1H3. The smallest absolute Gasteiger partial charge is 0.228 e. The van der Waals surface area contributed by atoms with Crippen LogP contribution in [0, 0.1) is 17.7 Å². The second-order valence-electron chi connectivity index (χ2n) is 4.59. The Balaban J connectivity index is 2.14. The van der Waals surface area contributed by atoms with Crippen molar-refractivity contribution in [1.82, 2.24) is 0 Å². The van der Waals surface area contributed by atoms with E-state index in [0.29, 0.717) is 11.3 Å². The average Bonchev–Trinajstić information content (AvgIpc) is 2.49. The number of benzene rings is 2. The predicted octanol–water partition coefficient (Wildman–Crippen LogP) is 4.48. The van der Waals surface area contributed by atoms with Crippen LogP contribution in [0.25, 0.3) is 0 Å². The molecule has 0 saturated heterocycles. The molecule has 0 aromatic heterocycles. The molecule has 3 heteroatoms. The first kappa shape index (κ1) is 15.1. The molecule has 2 aromatic carbocycles. The van der Waals surface area contributed by atoms with Crippen molar-refractivity contribution in [3.05, 3.63) is 65.0 Å². The van der Waals surface area contributed by atoms with E-state index < -0.39 is 6.86 Å². The minimum Gasteiger partial charge on any atom is -0.463 e. The van der Waals surface area contributed by atoms with E-state index in [2.05, 4.69) is 18.8 Å². The molecule has 0 radical (unpaired) electrons. The summed E-state index contributed by atoms with van der Waals surface area (Å²) < 4.78 is 30.6. The van der Waals surface area contributed by atoms with Gasteiger partial charge in [-0.3, -0.25) is 0 Å². The van der Waals surface area contributed by atoms with Gasteiger partial charge in [0, 0.05) is 5.56 Å². The lowest BCUT2D eigenvalue weighted by molar-refractivity contribution is 0.192. The van der Waals surface area contributed by atoms with Crippen LogP contribution in [-0.4, -0.2) is 6.86 Å². The molecule has 0 unspecified atom stereocenters. The van der Waals surface area contributed by atoms with Crippen LogP contribution in [0.15, 0.2) is 42.5 Å². The number of halogens is 2. The fourth-order valence-corrected chi connectivity index (χ4v) is 1.94. The summed E-state index contributed by atoms with van der Waals surface area (Å²) in [5, 5.41) is 0. The second kappa shape index (κ2) is 7.44. The zero-order chi connectivity index (χ0) is 15.1. The maximum atomic E-state index is 13.9. The number of hydrogen-bond donors (Lipinski definition) is 0. The van der Waals surface area contributed by atoms with Crippen LogP contribution in [0.1, 0.15) is 30.0 Å². The van der Waals surface area contributed by atoms with Gasteiger partial charge in [-0.05, 0) is 48.4 Å². The number of rotatable bonds is 4. The van der Waals surface area contributed by atoms with Crippen LogP contribution in [-0.2, 0) is 6.42 Å². The maximum absolute atomic E-state index is 13.9. The molecule has 0 amide bonds. The van der Waals surface area contributed by atoms with Crippen molar-refractivity contribution < 1.29 is 13.5 Å². The minimum atomic E-state index is -0.861. The van der Waals surface area contributed by atoms with E-state index in [9.17, 15) is 8.78 Å². The van der Waals surface area contributed by atoms with Gasteiger partial charge in [-0.2, -0.15) is 0 Å². The molecule has 0 spiro atoms. The molecule has 0 bridgehead atoms. The van der Waals surface area contributed by atoms with Crippen molar-refractivity contribution in [2.75, 3.05) is 6.86 Å².